The Morgan fingerprint density at radius 1 is 1.39 bits per heavy atom. The molecule has 6 heteroatoms. The van der Waals surface area contributed by atoms with Crippen molar-refractivity contribution in [1.29, 1.82) is 0 Å². The molecule has 18 heavy (non-hydrogen) atoms. The molecule has 1 fully saturated rings. The van der Waals surface area contributed by atoms with Crippen molar-refractivity contribution in [2.45, 2.75) is 35.5 Å². The lowest BCUT2D eigenvalue weighted by Gasteiger charge is -2.14. The Morgan fingerprint density at radius 3 is 2.67 bits per heavy atom. The third-order valence-corrected chi connectivity index (χ3v) is 5.96. The molecule has 0 aromatic heterocycles. The fourth-order valence-corrected chi connectivity index (χ4v) is 4.77. The molecule has 0 unspecified atom stereocenters. The fraction of sp³-hybridized carbons (Fsp3) is 0.500. The zero-order valence-electron chi connectivity index (χ0n) is 9.97. The number of rotatable bonds is 3. The van der Waals surface area contributed by atoms with Crippen molar-refractivity contribution in [1.82, 2.24) is 0 Å². The predicted octanol–water partition coefficient (Wildman–Crippen LogP) is 2.14. The van der Waals surface area contributed by atoms with Crippen LogP contribution < -0.4 is 4.74 Å². The minimum atomic E-state index is -3.45. The molecule has 1 N–H and O–H groups in total. The second-order valence-electron chi connectivity index (χ2n) is 4.43. The van der Waals surface area contributed by atoms with E-state index in [1.807, 2.05) is 0 Å². The van der Waals surface area contributed by atoms with E-state index in [1.54, 1.807) is 18.2 Å². The molecule has 0 bridgehead atoms. The predicted molar refractivity (Wildman–Crippen MR) is 71.5 cm³/mol. The van der Waals surface area contributed by atoms with E-state index in [0.29, 0.717) is 29.5 Å². The zero-order valence-corrected chi connectivity index (χ0v) is 12.4. The van der Waals surface area contributed by atoms with Crippen molar-refractivity contribution >= 4 is 25.8 Å². The van der Waals surface area contributed by atoms with E-state index in [1.165, 1.54) is 7.11 Å². The smallest absolute Gasteiger partial charge is 0.185 e. The molecule has 0 saturated heterocycles. The Labute approximate surface area is 115 Å². The largest absolute Gasteiger partial charge is 0.495 e. The maximum atomic E-state index is 12.5. The molecule has 2 atom stereocenters. The minimum Gasteiger partial charge on any atom is -0.495 e. The number of methoxy groups -OCH3 is 1. The van der Waals surface area contributed by atoms with Gasteiger partial charge in [-0.05, 0) is 37.5 Å². The molecule has 0 spiro atoms. The molecule has 0 radical (unpaired) electrons. The Morgan fingerprint density at radius 2 is 2.11 bits per heavy atom. The van der Waals surface area contributed by atoms with E-state index in [9.17, 15) is 13.5 Å². The lowest BCUT2D eigenvalue weighted by atomic mass is 10.3. The number of aliphatic hydroxyl groups excluding tert-OH is 1. The highest BCUT2D eigenvalue weighted by Gasteiger charge is 2.36. The molecule has 1 saturated carbocycles. The SMILES string of the molecule is COc1ccc(Br)cc1S(=O)(=O)[C@@H]1CC[C@@H](O)C1. The molecule has 0 heterocycles. The summed E-state index contributed by atoms with van der Waals surface area (Å²) in [7, 11) is -2.00. The van der Waals surface area contributed by atoms with E-state index in [0.717, 1.165) is 0 Å². The summed E-state index contributed by atoms with van der Waals surface area (Å²) in [6.45, 7) is 0. The molecule has 0 aliphatic heterocycles. The van der Waals surface area contributed by atoms with Gasteiger partial charge in [-0.1, -0.05) is 15.9 Å². The Balaban J connectivity index is 2.43. The normalized spacial score (nSPS) is 24.2. The number of sulfone groups is 1. The van der Waals surface area contributed by atoms with Crippen molar-refractivity contribution < 1.29 is 18.3 Å². The van der Waals surface area contributed by atoms with Gasteiger partial charge in [0.2, 0.25) is 0 Å². The number of aliphatic hydroxyl groups is 1. The number of halogens is 1. The zero-order chi connectivity index (χ0) is 13.3. The lowest BCUT2D eigenvalue weighted by molar-refractivity contribution is 0.183. The summed E-state index contributed by atoms with van der Waals surface area (Å²) in [6, 6.07) is 4.92. The fourth-order valence-electron chi connectivity index (χ4n) is 2.25. The van der Waals surface area contributed by atoms with Gasteiger partial charge >= 0.3 is 0 Å². The molecular formula is C12H15BrO4S. The summed E-state index contributed by atoms with van der Waals surface area (Å²) < 4.78 is 30.8. The van der Waals surface area contributed by atoms with Crippen LogP contribution in [0.5, 0.6) is 5.75 Å². The third kappa shape index (κ3) is 2.55. The summed E-state index contributed by atoms with van der Waals surface area (Å²) in [6.07, 6.45) is 0.833. The Bertz CT molecular complexity index is 541. The highest BCUT2D eigenvalue weighted by molar-refractivity contribution is 9.10. The van der Waals surface area contributed by atoms with E-state index in [-0.39, 0.29) is 4.90 Å². The van der Waals surface area contributed by atoms with Crippen molar-refractivity contribution in [3.63, 3.8) is 0 Å². The van der Waals surface area contributed by atoms with Gasteiger partial charge in [-0.25, -0.2) is 8.42 Å². The van der Waals surface area contributed by atoms with Crippen LogP contribution in [0.4, 0.5) is 0 Å². The lowest BCUT2D eigenvalue weighted by Crippen LogP contribution is -2.20. The first-order valence-corrected chi connectivity index (χ1v) is 8.04. The first-order valence-electron chi connectivity index (χ1n) is 5.70. The second-order valence-corrected chi connectivity index (χ2v) is 7.54. The monoisotopic (exact) mass is 334 g/mol. The van der Waals surface area contributed by atoms with Crippen molar-refractivity contribution in [3.05, 3.63) is 22.7 Å². The highest BCUT2D eigenvalue weighted by atomic mass is 79.9. The van der Waals surface area contributed by atoms with E-state index in [4.69, 9.17) is 4.74 Å². The number of hydrogen-bond acceptors (Lipinski definition) is 4. The quantitative estimate of drug-likeness (QED) is 0.919. The molecule has 100 valence electrons. The van der Waals surface area contributed by atoms with Crippen LogP contribution in [0.1, 0.15) is 19.3 Å². The molecule has 1 aliphatic rings. The maximum absolute atomic E-state index is 12.5. The molecule has 1 aliphatic carbocycles. The third-order valence-electron chi connectivity index (χ3n) is 3.23. The molecule has 1 aromatic carbocycles. The Kier molecular flexibility index (Phi) is 3.99. The van der Waals surface area contributed by atoms with Crippen LogP contribution in [-0.2, 0) is 9.84 Å². The van der Waals surface area contributed by atoms with Gasteiger partial charge in [0.25, 0.3) is 0 Å². The average Bonchev–Trinajstić information content (AvgIpc) is 2.76. The standard InChI is InChI=1S/C12H15BrO4S/c1-17-11-5-2-8(13)6-12(11)18(15,16)10-4-3-9(14)7-10/h2,5-6,9-10,14H,3-4,7H2,1H3/t9-,10-/m1/s1. The van der Waals surface area contributed by atoms with Gasteiger partial charge in [0.15, 0.2) is 9.84 Å². The van der Waals surface area contributed by atoms with Gasteiger partial charge in [-0.15, -0.1) is 0 Å². The summed E-state index contributed by atoms with van der Waals surface area (Å²) in [5.41, 5.74) is 0. The van der Waals surface area contributed by atoms with E-state index in [2.05, 4.69) is 15.9 Å². The Hall–Kier alpha value is -0.590. The molecule has 2 rings (SSSR count). The van der Waals surface area contributed by atoms with Crippen LogP contribution in [0.15, 0.2) is 27.6 Å². The summed E-state index contributed by atoms with van der Waals surface area (Å²) in [4.78, 5) is 0.193. The summed E-state index contributed by atoms with van der Waals surface area (Å²) in [5, 5.41) is 8.97. The van der Waals surface area contributed by atoms with Gasteiger partial charge in [-0.2, -0.15) is 0 Å². The summed E-state index contributed by atoms with van der Waals surface area (Å²) in [5.74, 6) is 0.347. The van der Waals surface area contributed by atoms with E-state index < -0.39 is 21.2 Å². The van der Waals surface area contributed by atoms with Crippen LogP contribution in [0.3, 0.4) is 0 Å². The first-order chi connectivity index (χ1) is 8.45. The van der Waals surface area contributed by atoms with Gasteiger partial charge in [0.05, 0.1) is 18.5 Å². The number of ether oxygens (including phenoxy) is 1. The topological polar surface area (TPSA) is 63.6 Å². The van der Waals surface area contributed by atoms with Crippen molar-refractivity contribution in [3.8, 4) is 5.75 Å². The number of hydrogen-bond donors (Lipinski definition) is 1. The molecular weight excluding hydrogens is 320 g/mol. The van der Waals surface area contributed by atoms with Crippen LogP contribution in [0.2, 0.25) is 0 Å². The van der Waals surface area contributed by atoms with Crippen LogP contribution in [0.25, 0.3) is 0 Å². The van der Waals surface area contributed by atoms with Gasteiger partial charge < -0.3 is 9.84 Å². The van der Waals surface area contributed by atoms with Crippen molar-refractivity contribution in [2.24, 2.45) is 0 Å². The van der Waals surface area contributed by atoms with Crippen LogP contribution >= 0.6 is 15.9 Å². The van der Waals surface area contributed by atoms with Gasteiger partial charge in [0, 0.05) is 4.47 Å². The maximum Gasteiger partial charge on any atom is 0.185 e. The van der Waals surface area contributed by atoms with Gasteiger partial charge in [0.1, 0.15) is 10.6 Å². The van der Waals surface area contributed by atoms with Crippen LogP contribution in [0, 0.1) is 0 Å². The van der Waals surface area contributed by atoms with E-state index >= 15 is 0 Å². The van der Waals surface area contributed by atoms with Crippen molar-refractivity contribution in [2.75, 3.05) is 7.11 Å². The first kappa shape index (κ1) is 13.8. The number of benzene rings is 1. The second kappa shape index (κ2) is 5.19. The highest BCUT2D eigenvalue weighted by Crippen LogP contribution is 2.35. The van der Waals surface area contributed by atoms with Gasteiger partial charge in [-0.3, -0.25) is 0 Å². The van der Waals surface area contributed by atoms with Crippen LogP contribution in [-0.4, -0.2) is 32.0 Å². The molecule has 0 amide bonds. The molecule has 4 nitrogen and oxygen atoms in total. The summed E-state index contributed by atoms with van der Waals surface area (Å²) >= 11 is 3.27. The molecule has 1 aromatic rings. The average molecular weight is 335 g/mol. The minimum absolute atomic E-state index is 0.193.